The van der Waals surface area contributed by atoms with Crippen LogP contribution in [0, 0.1) is 5.82 Å². The average Bonchev–Trinajstić information content (AvgIpc) is 2.73. The molecule has 0 fully saturated rings. The van der Waals surface area contributed by atoms with E-state index in [1.807, 2.05) is 0 Å². The molecule has 0 amide bonds. The number of halogens is 1. The molecule has 2 aromatic carbocycles. The van der Waals surface area contributed by atoms with Gasteiger partial charge in [0.1, 0.15) is 29.2 Å². The van der Waals surface area contributed by atoms with Crippen molar-refractivity contribution in [2.75, 3.05) is 20.1 Å². The van der Waals surface area contributed by atoms with Crippen molar-refractivity contribution in [3.05, 3.63) is 84.4 Å². The van der Waals surface area contributed by atoms with Crippen LogP contribution in [0.2, 0.25) is 0 Å². The smallest absolute Gasteiger partial charge is 0.317 e. The zero-order valence-corrected chi connectivity index (χ0v) is 16.6. The lowest BCUT2D eigenvalue weighted by molar-refractivity contribution is -0.138. The van der Waals surface area contributed by atoms with Crippen LogP contribution in [-0.4, -0.2) is 41.1 Å². The van der Waals surface area contributed by atoms with Crippen molar-refractivity contribution in [3.8, 4) is 17.2 Å². The first-order chi connectivity index (χ1) is 14.5. The number of benzene rings is 2. The lowest BCUT2D eigenvalue weighted by Crippen LogP contribution is -2.28. The second-order valence-electron chi connectivity index (χ2n) is 6.83. The van der Waals surface area contributed by atoms with Crippen molar-refractivity contribution in [2.45, 2.75) is 12.5 Å². The summed E-state index contributed by atoms with van der Waals surface area (Å²) in [7, 11) is 1.74. The molecule has 1 heterocycles. The molecule has 3 aromatic rings. The highest BCUT2D eigenvalue weighted by Gasteiger charge is 2.16. The van der Waals surface area contributed by atoms with Crippen LogP contribution in [0.5, 0.6) is 17.2 Å². The Morgan fingerprint density at radius 1 is 1.00 bits per heavy atom. The van der Waals surface area contributed by atoms with Crippen molar-refractivity contribution >= 4 is 5.97 Å². The van der Waals surface area contributed by atoms with E-state index in [-0.39, 0.29) is 18.5 Å². The minimum absolute atomic E-state index is 0.0584. The third kappa shape index (κ3) is 6.56. The van der Waals surface area contributed by atoms with Crippen LogP contribution in [0.25, 0.3) is 0 Å². The Kier molecular flexibility index (Phi) is 7.34. The highest BCUT2D eigenvalue weighted by atomic mass is 19.1. The summed E-state index contributed by atoms with van der Waals surface area (Å²) in [5.74, 6) is 0.768. The van der Waals surface area contributed by atoms with Crippen LogP contribution in [0.1, 0.15) is 18.1 Å². The van der Waals surface area contributed by atoms with E-state index in [1.54, 1.807) is 72.9 Å². The molecule has 1 N–H and O–H groups in total. The Labute approximate surface area is 174 Å². The fraction of sp³-hybridized carbons (Fsp3) is 0.217. The summed E-state index contributed by atoms with van der Waals surface area (Å²) in [5.41, 5.74) is 0.817. The standard InChI is InChI=1S/C23H23FN2O4/c1-26(16-23(27)28)15-12-22(17-2-4-18(24)5-3-17)30-20-8-6-19(7-9-20)29-21-10-13-25-14-11-21/h2-11,13-14,22H,12,15-16H2,1H3,(H,27,28). The van der Waals surface area contributed by atoms with Gasteiger partial charge in [-0.05, 0) is 61.1 Å². The molecule has 0 aliphatic carbocycles. The first-order valence-electron chi connectivity index (χ1n) is 9.50. The van der Waals surface area contributed by atoms with Crippen LogP contribution in [0.4, 0.5) is 4.39 Å². The summed E-state index contributed by atoms with van der Waals surface area (Å²) < 4.78 is 25.2. The van der Waals surface area contributed by atoms with Gasteiger partial charge in [-0.25, -0.2) is 4.39 Å². The summed E-state index contributed by atoms with van der Waals surface area (Å²) >= 11 is 0. The Balaban J connectivity index is 1.68. The van der Waals surface area contributed by atoms with Crippen LogP contribution < -0.4 is 9.47 Å². The lowest BCUT2D eigenvalue weighted by atomic mass is 10.1. The number of aromatic nitrogens is 1. The molecule has 6 nitrogen and oxygen atoms in total. The number of hydrogen-bond donors (Lipinski definition) is 1. The van der Waals surface area contributed by atoms with Crippen molar-refractivity contribution in [2.24, 2.45) is 0 Å². The van der Waals surface area contributed by atoms with E-state index in [1.165, 1.54) is 12.1 Å². The maximum atomic E-state index is 13.3. The first kappa shape index (κ1) is 21.3. The number of rotatable bonds is 10. The summed E-state index contributed by atoms with van der Waals surface area (Å²) in [6.07, 6.45) is 3.50. The van der Waals surface area contributed by atoms with Crippen molar-refractivity contribution in [3.63, 3.8) is 0 Å². The molecule has 0 spiro atoms. The van der Waals surface area contributed by atoms with Gasteiger partial charge in [0.25, 0.3) is 0 Å². The molecule has 0 aliphatic heterocycles. The molecule has 0 aliphatic rings. The van der Waals surface area contributed by atoms with Gasteiger partial charge in [-0.1, -0.05) is 12.1 Å². The van der Waals surface area contributed by atoms with Crippen molar-refractivity contribution in [1.29, 1.82) is 0 Å². The number of aliphatic carboxylic acids is 1. The Bertz CT molecular complexity index is 934. The third-order valence-corrected chi connectivity index (χ3v) is 4.41. The molecule has 1 unspecified atom stereocenters. The van der Waals surface area contributed by atoms with Crippen molar-refractivity contribution < 1.29 is 23.8 Å². The van der Waals surface area contributed by atoms with E-state index in [4.69, 9.17) is 14.6 Å². The second-order valence-corrected chi connectivity index (χ2v) is 6.83. The highest BCUT2D eigenvalue weighted by molar-refractivity contribution is 5.69. The third-order valence-electron chi connectivity index (χ3n) is 4.41. The molecule has 0 saturated heterocycles. The highest BCUT2D eigenvalue weighted by Crippen LogP contribution is 2.28. The molecule has 0 bridgehead atoms. The van der Waals surface area contributed by atoms with Gasteiger partial charge in [0, 0.05) is 25.4 Å². The monoisotopic (exact) mass is 410 g/mol. The van der Waals surface area contributed by atoms with Crippen LogP contribution in [-0.2, 0) is 4.79 Å². The van der Waals surface area contributed by atoms with E-state index < -0.39 is 5.97 Å². The molecule has 0 radical (unpaired) electrons. The molecule has 3 rings (SSSR count). The van der Waals surface area contributed by atoms with Crippen molar-refractivity contribution in [1.82, 2.24) is 9.88 Å². The number of nitrogens with zero attached hydrogens (tertiary/aromatic N) is 2. The van der Waals surface area contributed by atoms with Gasteiger partial charge in [-0.2, -0.15) is 0 Å². The number of carboxylic acids is 1. The van der Waals surface area contributed by atoms with Gasteiger partial charge in [-0.3, -0.25) is 14.7 Å². The average molecular weight is 410 g/mol. The van der Waals surface area contributed by atoms with Crippen LogP contribution >= 0.6 is 0 Å². The lowest BCUT2D eigenvalue weighted by Gasteiger charge is -2.22. The number of carbonyl (C=O) groups is 1. The van der Waals surface area contributed by atoms with Gasteiger partial charge >= 0.3 is 5.97 Å². The molecule has 1 atom stereocenters. The molecule has 7 heteroatoms. The Hall–Kier alpha value is -3.45. The minimum atomic E-state index is -0.887. The van der Waals surface area contributed by atoms with E-state index in [0.717, 1.165) is 5.56 Å². The quantitative estimate of drug-likeness (QED) is 0.529. The van der Waals surface area contributed by atoms with E-state index >= 15 is 0 Å². The van der Waals surface area contributed by atoms with Gasteiger partial charge < -0.3 is 14.6 Å². The molecule has 156 valence electrons. The largest absolute Gasteiger partial charge is 0.486 e. The summed E-state index contributed by atoms with van der Waals surface area (Å²) in [5, 5.41) is 8.93. The summed E-state index contributed by atoms with van der Waals surface area (Å²) in [6.45, 7) is 0.453. The fourth-order valence-electron chi connectivity index (χ4n) is 2.91. The van der Waals surface area contributed by atoms with Crippen LogP contribution in [0.15, 0.2) is 73.1 Å². The van der Waals surface area contributed by atoms with Gasteiger partial charge in [0.05, 0.1) is 6.54 Å². The minimum Gasteiger partial charge on any atom is -0.486 e. The summed E-state index contributed by atoms with van der Waals surface area (Å²) in [6, 6.07) is 16.9. The van der Waals surface area contributed by atoms with E-state index in [9.17, 15) is 9.18 Å². The Morgan fingerprint density at radius 3 is 2.23 bits per heavy atom. The zero-order valence-electron chi connectivity index (χ0n) is 16.6. The normalized spacial score (nSPS) is 11.8. The number of carboxylic acid groups (broad SMARTS) is 1. The predicted molar refractivity (Wildman–Crippen MR) is 110 cm³/mol. The number of pyridine rings is 1. The SMILES string of the molecule is CN(CCC(Oc1ccc(Oc2ccncc2)cc1)c1ccc(F)cc1)CC(=O)O. The zero-order chi connectivity index (χ0) is 21.3. The van der Waals surface area contributed by atoms with Gasteiger partial charge in [-0.15, -0.1) is 0 Å². The summed E-state index contributed by atoms with van der Waals surface area (Å²) in [4.78, 5) is 16.5. The fourth-order valence-corrected chi connectivity index (χ4v) is 2.91. The molecular formula is C23H23FN2O4. The molecule has 1 aromatic heterocycles. The number of hydrogen-bond acceptors (Lipinski definition) is 5. The van der Waals surface area contributed by atoms with Gasteiger partial charge in [0.15, 0.2) is 0 Å². The van der Waals surface area contributed by atoms with Gasteiger partial charge in [0.2, 0.25) is 0 Å². The first-order valence-corrected chi connectivity index (χ1v) is 9.50. The maximum Gasteiger partial charge on any atom is 0.317 e. The van der Waals surface area contributed by atoms with Crippen LogP contribution in [0.3, 0.4) is 0 Å². The molecule has 0 saturated carbocycles. The second kappa shape index (κ2) is 10.4. The molecular weight excluding hydrogens is 387 g/mol. The maximum absolute atomic E-state index is 13.3. The number of ether oxygens (including phenoxy) is 2. The Morgan fingerprint density at radius 2 is 1.60 bits per heavy atom. The van der Waals surface area contributed by atoms with E-state index in [0.29, 0.717) is 30.2 Å². The van der Waals surface area contributed by atoms with E-state index in [2.05, 4.69) is 4.98 Å². The topological polar surface area (TPSA) is 71.9 Å². The predicted octanol–water partition coefficient (Wildman–Crippen LogP) is 4.54. The number of likely N-dealkylation sites (N-methyl/N-ethyl adjacent to an activating group) is 1. The molecule has 30 heavy (non-hydrogen) atoms.